The second kappa shape index (κ2) is 11.7. The number of nitrogens with zero attached hydrogens (tertiary/aromatic N) is 2. The molecular formula is C30H34N2S4. The fraction of sp³-hybridized carbons (Fsp3) is 0.400. The molecule has 0 unspecified atom stereocenters. The molecule has 0 spiro atoms. The third-order valence-corrected chi connectivity index (χ3v) is 10.9. The molecule has 0 aliphatic heterocycles. The predicted molar refractivity (Wildman–Crippen MR) is 163 cm³/mol. The minimum absolute atomic E-state index is 1.05. The number of aromatic nitrogens is 2. The van der Waals surface area contributed by atoms with Gasteiger partial charge in [0.15, 0.2) is 0 Å². The van der Waals surface area contributed by atoms with Crippen LogP contribution in [0.5, 0.6) is 0 Å². The van der Waals surface area contributed by atoms with E-state index in [0.717, 1.165) is 17.5 Å². The molecule has 0 radical (unpaired) electrons. The van der Waals surface area contributed by atoms with Gasteiger partial charge in [-0.1, -0.05) is 51.7 Å². The maximum atomic E-state index is 4.81. The Morgan fingerprint density at radius 3 is 1.86 bits per heavy atom. The quantitative estimate of drug-likeness (QED) is 0.153. The van der Waals surface area contributed by atoms with Gasteiger partial charge in [0.25, 0.3) is 0 Å². The number of aryl methyl sites for hydroxylation is 4. The average molecular weight is 551 g/mol. The van der Waals surface area contributed by atoms with Crippen LogP contribution in [0.25, 0.3) is 41.7 Å². The maximum Gasteiger partial charge on any atom is 0.114 e. The molecule has 0 saturated carbocycles. The van der Waals surface area contributed by atoms with E-state index in [1.165, 1.54) is 108 Å². The SMILES string of the molecule is CCCCCc1cc(-c2ccc(-c3cc(CCCCC)c(-c4ccc(C)s4)s3)c3nsnc23)sc1C. The van der Waals surface area contributed by atoms with Crippen LogP contribution in [0.4, 0.5) is 0 Å². The lowest BCUT2D eigenvalue weighted by molar-refractivity contribution is 0.717. The number of hydrogen-bond donors (Lipinski definition) is 0. The minimum atomic E-state index is 1.05. The summed E-state index contributed by atoms with van der Waals surface area (Å²) >= 11 is 7.07. The van der Waals surface area contributed by atoms with Crippen LogP contribution in [0.1, 0.15) is 73.3 Å². The second-order valence-corrected chi connectivity index (χ2v) is 13.7. The molecule has 4 heterocycles. The highest BCUT2D eigenvalue weighted by Gasteiger charge is 2.19. The van der Waals surface area contributed by atoms with Crippen LogP contribution >= 0.6 is 45.7 Å². The number of unbranched alkanes of at least 4 members (excludes halogenated alkanes) is 4. The minimum Gasteiger partial charge on any atom is -0.172 e. The number of hydrogen-bond acceptors (Lipinski definition) is 6. The predicted octanol–water partition coefficient (Wildman–Crippen LogP) is 11.0. The van der Waals surface area contributed by atoms with Crippen molar-refractivity contribution in [2.75, 3.05) is 0 Å². The summed E-state index contributed by atoms with van der Waals surface area (Å²) in [6.45, 7) is 9.01. The van der Waals surface area contributed by atoms with Crippen molar-refractivity contribution in [2.24, 2.45) is 0 Å². The largest absolute Gasteiger partial charge is 0.172 e. The van der Waals surface area contributed by atoms with Crippen molar-refractivity contribution >= 4 is 56.8 Å². The Morgan fingerprint density at radius 2 is 1.25 bits per heavy atom. The third-order valence-electron chi connectivity index (χ3n) is 6.84. The molecular weight excluding hydrogens is 517 g/mol. The van der Waals surface area contributed by atoms with E-state index < -0.39 is 0 Å². The summed E-state index contributed by atoms with van der Waals surface area (Å²) in [4.78, 5) is 8.27. The molecule has 1 aromatic carbocycles. The molecule has 2 nitrogen and oxygen atoms in total. The summed E-state index contributed by atoms with van der Waals surface area (Å²) < 4.78 is 9.60. The molecule has 0 fully saturated rings. The van der Waals surface area contributed by atoms with Crippen LogP contribution in [-0.2, 0) is 12.8 Å². The second-order valence-electron chi connectivity index (χ2n) is 9.60. The van der Waals surface area contributed by atoms with E-state index in [2.05, 4.69) is 64.1 Å². The van der Waals surface area contributed by atoms with Gasteiger partial charge in [-0.3, -0.25) is 0 Å². The highest BCUT2D eigenvalue weighted by atomic mass is 32.1. The van der Waals surface area contributed by atoms with Crippen molar-refractivity contribution in [1.29, 1.82) is 0 Å². The Kier molecular flexibility index (Phi) is 8.36. The normalized spacial score (nSPS) is 11.7. The van der Waals surface area contributed by atoms with Crippen molar-refractivity contribution in [1.82, 2.24) is 8.75 Å². The molecule has 188 valence electrons. The van der Waals surface area contributed by atoms with Crippen LogP contribution in [0, 0.1) is 13.8 Å². The first-order valence-electron chi connectivity index (χ1n) is 13.1. The van der Waals surface area contributed by atoms with Crippen molar-refractivity contribution in [3.63, 3.8) is 0 Å². The smallest absolute Gasteiger partial charge is 0.114 e. The Labute approximate surface area is 231 Å². The molecule has 36 heavy (non-hydrogen) atoms. The fourth-order valence-corrected chi connectivity index (χ4v) is 8.73. The average Bonchev–Trinajstić information content (AvgIpc) is 3.66. The maximum absolute atomic E-state index is 4.81. The molecule has 4 aromatic heterocycles. The van der Waals surface area contributed by atoms with E-state index in [9.17, 15) is 0 Å². The first-order valence-corrected chi connectivity index (χ1v) is 16.3. The summed E-state index contributed by atoms with van der Waals surface area (Å²) in [6.07, 6.45) is 9.92. The topological polar surface area (TPSA) is 25.8 Å². The summed E-state index contributed by atoms with van der Waals surface area (Å²) in [5, 5.41) is 0. The van der Waals surface area contributed by atoms with E-state index in [4.69, 9.17) is 8.75 Å². The third kappa shape index (κ3) is 5.38. The first kappa shape index (κ1) is 25.8. The van der Waals surface area contributed by atoms with Crippen LogP contribution in [-0.4, -0.2) is 8.75 Å². The molecule has 0 atom stereocenters. The van der Waals surface area contributed by atoms with Gasteiger partial charge in [0.2, 0.25) is 0 Å². The number of fused-ring (bicyclic) bond motifs is 1. The zero-order chi connectivity index (χ0) is 25.1. The van der Waals surface area contributed by atoms with E-state index in [-0.39, 0.29) is 0 Å². The molecule has 0 aliphatic carbocycles. The molecule has 0 N–H and O–H groups in total. The van der Waals surface area contributed by atoms with Crippen molar-refractivity contribution in [3.05, 3.63) is 57.3 Å². The zero-order valence-corrected chi connectivity index (χ0v) is 24.9. The van der Waals surface area contributed by atoms with Crippen LogP contribution in [0.2, 0.25) is 0 Å². The summed E-state index contributed by atoms with van der Waals surface area (Å²) in [5.41, 5.74) is 7.53. The first-order chi connectivity index (χ1) is 17.6. The van der Waals surface area contributed by atoms with Crippen molar-refractivity contribution < 1.29 is 0 Å². The lowest BCUT2D eigenvalue weighted by atomic mass is 10.0. The van der Waals surface area contributed by atoms with Gasteiger partial charge in [-0.2, -0.15) is 8.75 Å². The highest BCUT2D eigenvalue weighted by molar-refractivity contribution is 7.24. The Morgan fingerprint density at radius 1 is 0.639 bits per heavy atom. The monoisotopic (exact) mass is 550 g/mol. The van der Waals surface area contributed by atoms with Gasteiger partial charge in [0.1, 0.15) is 11.0 Å². The Hall–Kier alpha value is -1.86. The Balaban J connectivity index is 1.52. The van der Waals surface area contributed by atoms with Gasteiger partial charge < -0.3 is 0 Å². The molecule has 0 amide bonds. The van der Waals surface area contributed by atoms with Crippen molar-refractivity contribution in [3.8, 4) is 30.6 Å². The molecule has 0 aliphatic rings. The summed E-state index contributed by atoms with van der Waals surface area (Å²) in [7, 11) is 0. The number of rotatable bonds is 11. The van der Waals surface area contributed by atoms with Crippen LogP contribution in [0.15, 0.2) is 36.4 Å². The van der Waals surface area contributed by atoms with Crippen LogP contribution < -0.4 is 0 Å². The van der Waals surface area contributed by atoms with Gasteiger partial charge in [0.05, 0.1) is 11.7 Å². The van der Waals surface area contributed by atoms with Gasteiger partial charge in [-0.25, -0.2) is 0 Å². The zero-order valence-electron chi connectivity index (χ0n) is 21.6. The highest BCUT2D eigenvalue weighted by Crippen LogP contribution is 2.45. The lowest BCUT2D eigenvalue weighted by Gasteiger charge is -2.03. The lowest BCUT2D eigenvalue weighted by Crippen LogP contribution is -1.85. The van der Waals surface area contributed by atoms with E-state index in [1.54, 1.807) is 0 Å². The van der Waals surface area contributed by atoms with E-state index in [1.807, 2.05) is 34.0 Å². The van der Waals surface area contributed by atoms with Crippen molar-refractivity contribution in [2.45, 2.75) is 79.1 Å². The van der Waals surface area contributed by atoms with Crippen LogP contribution in [0.3, 0.4) is 0 Å². The van der Waals surface area contributed by atoms with E-state index >= 15 is 0 Å². The molecule has 0 bridgehead atoms. The van der Waals surface area contributed by atoms with Gasteiger partial charge in [0, 0.05) is 40.4 Å². The van der Waals surface area contributed by atoms with Gasteiger partial charge >= 0.3 is 0 Å². The van der Waals surface area contributed by atoms with Gasteiger partial charge in [-0.05, 0) is 74.9 Å². The molecule has 6 heteroatoms. The molecule has 0 saturated heterocycles. The fourth-order valence-electron chi connectivity index (χ4n) is 4.81. The standard InChI is InChI=1S/C30H34N2S4/c1-5-7-9-11-21-17-26(34-20(21)4)23-14-15-24(29-28(23)31-36-32-29)27-18-22(12-10-8-6-2)30(35-27)25-16-13-19(3)33-25/h13-18H,5-12H2,1-4H3. The summed E-state index contributed by atoms with van der Waals surface area (Å²) in [5.74, 6) is 0. The Bertz CT molecular complexity index is 1450. The summed E-state index contributed by atoms with van der Waals surface area (Å²) in [6, 6.07) is 13.9. The number of benzene rings is 1. The van der Waals surface area contributed by atoms with Gasteiger partial charge in [-0.15, -0.1) is 34.0 Å². The number of thiophene rings is 3. The molecule has 5 rings (SSSR count). The van der Waals surface area contributed by atoms with E-state index in [0.29, 0.717) is 0 Å². The molecule has 5 aromatic rings.